The molecular formula is C15H37NO. The highest BCUT2D eigenvalue weighted by atomic mass is 16.3. The molecule has 0 amide bonds. The molecule has 0 fully saturated rings. The smallest absolute Gasteiger partial charge is 0.0436 e. The van der Waals surface area contributed by atoms with Gasteiger partial charge < -0.3 is 10.4 Å². The molecule has 2 heteroatoms. The fraction of sp³-hybridized carbons (Fsp3) is 1.00. The molecule has 0 aliphatic carbocycles. The third-order valence-corrected chi connectivity index (χ3v) is 2.72. The summed E-state index contributed by atoms with van der Waals surface area (Å²) in [7, 11) is 1.99. The van der Waals surface area contributed by atoms with Gasteiger partial charge in [0.2, 0.25) is 0 Å². The number of aliphatic hydroxyl groups excluding tert-OH is 1. The molecular weight excluding hydrogens is 210 g/mol. The summed E-state index contributed by atoms with van der Waals surface area (Å²) in [5.74, 6) is 0.840. The van der Waals surface area contributed by atoms with Crippen molar-refractivity contribution in [1.82, 2.24) is 5.32 Å². The third-order valence-electron chi connectivity index (χ3n) is 2.72. The van der Waals surface area contributed by atoms with Gasteiger partial charge in [-0.15, -0.1) is 0 Å². The van der Waals surface area contributed by atoms with Crippen molar-refractivity contribution in [2.75, 3.05) is 20.2 Å². The summed E-state index contributed by atoms with van der Waals surface area (Å²) in [4.78, 5) is 0. The Morgan fingerprint density at radius 3 is 1.76 bits per heavy atom. The number of hydrogen-bond donors (Lipinski definition) is 2. The summed E-state index contributed by atoms with van der Waals surface area (Å²) in [5, 5.41) is 11.6. The lowest BCUT2D eigenvalue weighted by atomic mass is 9.87. The average molecular weight is 247 g/mol. The highest BCUT2D eigenvalue weighted by Gasteiger charge is 2.12. The maximum Gasteiger partial charge on any atom is 0.0436 e. The highest BCUT2D eigenvalue weighted by molar-refractivity contribution is 4.64. The van der Waals surface area contributed by atoms with Crippen molar-refractivity contribution in [3.05, 3.63) is 0 Å². The lowest BCUT2D eigenvalue weighted by Crippen LogP contribution is -2.10. The maximum absolute atomic E-state index is 8.53. The van der Waals surface area contributed by atoms with Crippen LogP contribution in [0.3, 0.4) is 0 Å². The molecule has 0 aromatic heterocycles. The molecule has 0 heterocycles. The zero-order valence-corrected chi connectivity index (χ0v) is 13.6. The van der Waals surface area contributed by atoms with Crippen molar-refractivity contribution in [2.45, 2.75) is 67.7 Å². The Morgan fingerprint density at radius 2 is 1.65 bits per heavy atom. The van der Waals surface area contributed by atoms with E-state index in [-0.39, 0.29) is 0 Å². The third kappa shape index (κ3) is 25.9. The number of rotatable bonds is 6. The first-order valence-electron chi connectivity index (χ1n) is 7.15. The van der Waals surface area contributed by atoms with Crippen LogP contribution in [0.25, 0.3) is 0 Å². The molecule has 0 spiro atoms. The van der Waals surface area contributed by atoms with Crippen molar-refractivity contribution in [2.24, 2.45) is 11.3 Å². The molecule has 2 N–H and O–H groups in total. The Kier molecular flexibility index (Phi) is 20.7. The van der Waals surface area contributed by atoms with Gasteiger partial charge in [0.05, 0.1) is 0 Å². The van der Waals surface area contributed by atoms with Gasteiger partial charge >= 0.3 is 0 Å². The van der Waals surface area contributed by atoms with Crippen LogP contribution in [0, 0.1) is 11.3 Å². The summed E-state index contributed by atoms with van der Waals surface area (Å²) in [6, 6.07) is 0. The van der Waals surface area contributed by atoms with Crippen LogP contribution < -0.4 is 5.32 Å². The molecule has 0 unspecified atom stereocenters. The largest absolute Gasteiger partial charge is 0.396 e. The van der Waals surface area contributed by atoms with Crippen LogP contribution >= 0.6 is 0 Å². The van der Waals surface area contributed by atoms with Gasteiger partial charge in [-0.3, -0.25) is 0 Å². The number of aliphatic hydroxyl groups is 1. The molecule has 108 valence electrons. The summed E-state index contributed by atoms with van der Waals surface area (Å²) < 4.78 is 0. The Bertz CT molecular complexity index is 122. The molecule has 0 bridgehead atoms. The molecule has 0 aromatic carbocycles. The zero-order valence-electron chi connectivity index (χ0n) is 13.6. The van der Waals surface area contributed by atoms with E-state index >= 15 is 0 Å². The summed E-state index contributed by atoms with van der Waals surface area (Å²) in [6.07, 6.45) is 3.35. The van der Waals surface area contributed by atoms with E-state index in [4.69, 9.17) is 5.11 Å². The molecule has 0 radical (unpaired) electrons. The highest BCUT2D eigenvalue weighted by Crippen LogP contribution is 2.22. The van der Waals surface area contributed by atoms with Gasteiger partial charge in [0.25, 0.3) is 0 Å². The zero-order chi connectivity index (χ0) is 14.3. The molecule has 0 rings (SSSR count). The molecule has 2 nitrogen and oxygen atoms in total. The quantitative estimate of drug-likeness (QED) is 0.741. The second-order valence-electron chi connectivity index (χ2n) is 5.28. The molecule has 0 saturated carbocycles. The first-order valence-corrected chi connectivity index (χ1v) is 7.15. The fourth-order valence-corrected chi connectivity index (χ4v) is 0.912. The van der Waals surface area contributed by atoms with Crippen LogP contribution in [0.15, 0.2) is 0 Å². The standard InChI is InChI=1S/C7H16O.C6H15N.C2H6/c1-4-7(2,3)5-6-8;1-6(2)4-5-7-3;1-2/h8H,4-6H2,1-3H3;6-7H,4-5H2,1-3H3;1-2H3. The Labute approximate surface area is 110 Å². The second-order valence-corrected chi connectivity index (χ2v) is 5.28. The van der Waals surface area contributed by atoms with Crippen molar-refractivity contribution in [3.63, 3.8) is 0 Å². The van der Waals surface area contributed by atoms with E-state index in [0.29, 0.717) is 12.0 Å². The van der Waals surface area contributed by atoms with Crippen LogP contribution in [0.5, 0.6) is 0 Å². The van der Waals surface area contributed by atoms with E-state index in [1.165, 1.54) is 6.42 Å². The van der Waals surface area contributed by atoms with E-state index < -0.39 is 0 Å². The van der Waals surface area contributed by atoms with Crippen molar-refractivity contribution in [1.29, 1.82) is 0 Å². The Balaban J connectivity index is -0.000000202. The van der Waals surface area contributed by atoms with Gasteiger partial charge in [-0.05, 0) is 37.8 Å². The van der Waals surface area contributed by atoms with Gasteiger partial charge in [0, 0.05) is 6.61 Å². The van der Waals surface area contributed by atoms with Crippen LogP contribution in [-0.4, -0.2) is 25.3 Å². The normalized spacial score (nSPS) is 10.2. The Hall–Kier alpha value is -0.0800. The summed E-state index contributed by atoms with van der Waals surface area (Å²) in [6.45, 7) is 16.4. The summed E-state index contributed by atoms with van der Waals surface area (Å²) in [5.41, 5.74) is 0.342. The predicted octanol–water partition coefficient (Wildman–Crippen LogP) is 4.08. The SMILES string of the molecule is CC.CCC(C)(C)CCO.CNCCC(C)C. The first kappa shape index (κ1) is 22.1. The monoisotopic (exact) mass is 247 g/mol. The average Bonchev–Trinajstić information content (AvgIpc) is 2.30. The maximum atomic E-state index is 8.53. The van der Waals surface area contributed by atoms with Crippen LogP contribution in [-0.2, 0) is 0 Å². The second kappa shape index (κ2) is 15.9. The number of hydrogen-bond acceptors (Lipinski definition) is 2. The van der Waals surface area contributed by atoms with E-state index in [0.717, 1.165) is 25.3 Å². The van der Waals surface area contributed by atoms with Crippen LogP contribution in [0.4, 0.5) is 0 Å². The van der Waals surface area contributed by atoms with Gasteiger partial charge in [0.15, 0.2) is 0 Å². The van der Waals surface area contributed by atoms with E-state index in [1.54, 1.807) is 0 Å². The molecule has 17 heavy (non-hydrogen) atoms. The number of nitrogens with one attached hydrogen (secondary N) is 1. The van der Waals surface area contributed by atoms with E-state index in [9.17, 15) is 0 Å². The summed E-state index contributed by atoms with van der Waals surface area (Å²) >= 11 is 0. The predicted molar refractivity (Wildman–Crippen MR) is 80.5 cm³/mol. The molecule has 0 aliphatic heterocycles. The molecule has 0 aliphatic rings. The van der Waals surface area contributed by atoms with Crippen LogP contribution in [0.2, 0.25) is 0 Å². The van der Waals surface area contributed by atoms with Gasteiger partial charge in [-0.2, -0.15) is 0 Å². The topological polar surface area (TPSA) is 32.3 Å². The lowest BCUT2D eigenvalue weighted by molar-refractivity contribution is 0.207. The molecule has 0 saturated heterocycles. The van der Waals surface area contributed by atoms with Crippen molar-refractivity contribution < 1.29 is 5.11 Å². The molecule has 0 atom stereocenters. The lowest BCUT2D eigenvalue weighted by Gasteiger charge is -2.20. The van der Waals surface area contributed by atoms with Gasteiger partial charge in [-0.25, -0.2) is 0 Å². The first-order chi connectivity index (χ1) is 7.89. The van der Waals surface area contributed by atoms with Crippen LogP contribution in [0.1, 0.15) is 67.7 Å². The minimum absolute atomic E-state index is 0.320. The fourth-order valence-electron chi connectivity index (χ4n) is 0.912. The van der Waals surface area contributed by atoms with Gasteiger partial charge in [0.1, 0.15) is 0 Å². The minimum atomic E-state index is 0.320. The van der Waals surface area contributed by atoms with E-state index in [2.05, 4.69) is 39.9 Å². The van der Waals surface area contributed by atoms with E-state index in [1.807, 2.05) is 20.9 Å². The minimum Gasteiger partial charge on any atom is -0.396 e. The molecule has 0 aromatic rings. The Morgan fingerprint density at radius 1 is 1.18 bits per heavy atom. The van der Waals surface area contributed by atoms with Crippen molar-refractivity contribution in [3.8, 4) is 0 Å². The van der Waals surface area contributed by atoms with Gasteiger partial charge in [-0.1, -0.05) is 54.9 Å². The van der Waals surface area contributed by atoms with Crippen molar-refractivity contribution >= 4 is 0 Å².